The first-order chi connectivity index (χ1) is 10.2. The van der Waals surface area contributed by atoms with Crippen molar-refractivity contribution in [1.82, 2.24) is 5.43 Å². The molecule has 2 aromatic rings. The van der Waals surface area contributed by atoms with Crippen molar-refractivity contribution in [1.29, 1.82) is 0 Å². The molecule has 2 N–H and O–H groups in total. The number of nitrogens with one attached hydrogen (secondary N) is 2. The third-order valence-electron chi connectivity index (χ3n) is 2.72. The van der Waals surface area contributed by atoms with Crippen LogP contribution >= 0.6 is 38.5 Å². The molecule has 0 aliphatic carbocycles. The summed E-state index contributed by atoms with van der Waals surface area (Å²) in [5, 5.41) is 0. The number of benzene rings is 2. The van der Waals surface area contributed by atoms with Crippen LogP contribution in [-0.4, -0.2) is 6.61 Å². The number of halogens is 2. The molecule has 110 valence electrons. The second-order valence-electron chi connectivity index (χ2n) is 4.32. The first kappa shape index (κ1) is 16.3. The third kappa shape index (κ3) is 5.01. The summed E-state index contributed by atoms with van der Waals surface area (Å²) < 4.78 is 7.87. The number of rotatable bonds is 7. The monoisotopic (exact) mass is 458 g/mol. The Morgan fingerprint density at radius 1 is 1.24 bits per heavy atom. The smallest absolute Gasteiger partial charge is 0.137 e. The summed E-state index contributed by atoms with van der Waals surface area (Å²) in [6.07, 6.45) is 1.75. The van der Waals surface area contributed by atoms with Crippen LogP contribution in [0.1, 0.15) is 5.56 Å². The first-order valence-corrected chi connectivity index (χ1v) is 8.33. The Morgan fingerprint density at radius 2 is 2.00 bits per heavy atom. The van der Waals surface area contributed by atoms with Gasteiger partial charge < -0.3 is 10.2 Å². The van der Waals surface area contributed by atoms with Crippen molar-refractivity contribution in [2.75, 3.05) is 12.0 Å². The normalized spacial score (nSPS) is 10.2. The van der Waals surface area contributed by atoms with Crippen LogP contribution in [0.25, 0.3) is 0 Å². The fraction of sp³-hybridized carbons (Fsp3) is 0.125. The van der Waals surface area contributed by atoms with Crippen LogP contribution < -0.4 is 15.6 Å². The van der Waals surface area contributed by atoms with Gasteiger partial charge in [-0.3, -0.25) is 0 Å². The molecule has 0 amide bonds. The average molecular weight is 459 g/mol. The van der Waals surface area contributed by atoms with E-state index in [4.69, 9.17) is 4.74 Å². The van der Waals surface area contributed by atoms with Crippen LogP contribution in [0.3, 0.4) is 0 Å². The predicted octanol–water partition coefficient (Wildman–Crippen LogP) is 4.74. The SMILES string of the molecule is C=CCOc1c(I)cc(Br)cc1CNNc1ccccc1. The van der Waals surface area contributed by atoms with E-state index in [-0.39, 0.29) is 0 Å². The Hall–Kier alpha value is -1.05. The van der Waals surface area contributed by atoms with Gasteiger partial charge in [0.15, 0.2) is 0 Å². The Labute approximate surface area is 147 Å². The Bertz CT molecular complexity index is 605. The highest BCUT2D eigenvalue weighted by molar-refractivity contribution is 14.1. The summed E-state index contributed by atoms with van der Waals surface area (Å²) in [7, 11) is 0. The molecule has 0 aliphatic heterocycles. The van der Waals surface area contributed by atoms with Gasteiger partial charge in [0.05, 0.1) is 3.57 Å². The van der Waals surface area contributed by atoms with Crippen LogP contribution in [0.4, 0.5) is 5.69 Å². The number of hydrogen-bond donors (Lipinski definition) is 2. The van der Waals surface area contributed by atoms with Gasteiger partial charge in [-0.1, -0.05) is 46.8 Å². The minimum atomic E-state index is 0.497. The molecule has 0 aromatic heterocycles. The number of anilines is 1. The van der Waals surface area contributed by atoms with Crippen molar-refractivity contribution in [2.45, 2.75) is 6.54 Å². The summed E-state index contributed by atoms with van der Waals surface area (Å²) in [5.41, 5.74) is 8.49. The zero-order chi connectivity index (χ0) is 15.1. The van der Waals surface area contributed by atoms with Crippen molar-refractivity contribution < 1.29 is 4.74 Å². The summed E-state index contributed by atoms with van der Waals surface area (Å²) in [5.74, 6) is 0.890. The van der Waals surface area contributed by atoms with E-state index >= 15 is 0 Å². The summed E-state index contributed by atoms with van der Waals surface area (Å²) in [6, 6.07) is 14.1. The van der Waals surface area contributed by atoms with E-state index in [1.807, 2.05) is 36.4 Å². The molecular formula is C16H16BrIN2O. The van der Waals surface area contributed by atoms with E-state index in [9.17, 15) is 0 Å². The molecule has 21 heavy (non-hydrogen) atoms. The van der Waals surface area contributed by atoms with Crippen LogP contribution in [0.2, 0.25) is 0 Å². The second-order valence-corrected chi connectivity index (χ2v) is 6.40. The van der Waals surface area contributed by atoms with Crippen molar-refractivity contribution in [3.63, 3.8) is 0 Å². The molecule has 0 unspecified atom stereocenters. The molecule has 5 heteroatoms. The van der Waals surface area contributed by atoms with Gasteiger partial charge in [0.25, 0.3) is 0 Å². The van der Waals surface area contributed by atoms with E-state index in [0.29, 0.717) is 13.2 Å². The number of ether oxygens (including phenoxy) is 1. The van der Waals surface area contributed by atoms with E-state index in [1.54, 1.807) is 6.08 Å². The lowest BCUT2D eigenvalue weighted by molar-refractivity contribution is 0.355. The summed E-state index contributed by atoms with van der Waals surface area (Å²) in [6.45, 7) is 4.84. The van der Waals surface area contributed by atoms with E-state index in [2.05, 4.69) is 62.0 Å². The lowest BCUT2D eigenvalue weighted by Crippen LogP contribution is -2.21. The molecule has 0 spiro atoms. The Balaban J connectivity index is 2.05. The van der Waals surface area contributed by atoms with E-state index in [0.717, 1.165) is 25.0 Å². The van der Waals surface area contributed by atoms with E-state index < -0.39 is 0 Å². The fourth-order valence-electron chi connectivity index (χ4n) is 1.81. The molecule has 0 saturated carbocycles. The quantitative estimate of drug-likeness (QED) is 0.357. The van der Waals surface area contributed by atoms with Crippen LogP contribution in [0.5, 0.6) is 5.75 Å². The van der Waals surface area contributed by atoms with Gasteiger partial charge in [-0.25, -0.2) is 5.43 Å². The zero-order valence-electron chi connectivity index (χ0n) is 11.4. The van der Waals surface area contributed by atoms with Crippen molar-refractivity contribution in [3.8, 4) is 5.75 Å². The maximum absolute atomic E-state index is 5.76. The van der Waals surface area contributed by atoms with Crippen LogP contribution in [0, 0.1) is 3.57 Å². The zero-order valence-corrected chi connectivity index (χ0v) is 15.1. The molecule has 0 bridgehead atoms. The Morgan fingerprint density at radius 3 is 2.71 bits per heavy atom. The molecule has 0 fully saturated rings. The van der Waals surface area contributed by atoms with Gasteiger partial charge in [-0.2, -0.15) is 0 Å². The van der Waals surface area contributed by atoms with Gasteiger partial charge in [-0.05, 0) is 46.9 Å². The van der Waals surface area contributed by atoms with Crippen molar-refractivity contribution in [2.24, 2.45) is 0 Å². The molecule has 0 atom stereocenters. The van der Waals surface area contributed by atoms with Gasteiger partial charge in [0.2, 0.25) is 0 Å². The largest absolute Gasteiger partial charge is 0.488 e. The van der Waals surface area contributed by atoms with Crippen molar-refractivity contribution in [3.05, 3.63) is 68.7 Å². The highest BCUT2D eigenvalue weighted by Crippen LogP contribution is 2.30. The van der Waals surface area contributed by atoms with E-state index in [1.165, 1.54) is 0 Å². The standard InChI is InChI=1S/C16H16BrIN2O/c1-2-8-21-16-12(9-13(17)10-15(16)18)11-19-20-14-6-4-3-5-7-14/h2-7,9-10,19-20H,1,8,11H2. The highest BCUT2D eigenvalue weighted by Gasteiger charge is 2.09. The minimum Gasteiger partial charge on any atom is -0.488 e. The highest BCUT2D eigenvalue weighted by atomic mass is 127. The molecule has 2 aromatic carbocycles. The predicted molar refractivity (Wildman–Crippen MR) is 99.5 cm³/mol. The first-order valence-electron chi connectivity index (χ1n) is 6.46. The summed E-state index contributed by atoms with van der Waals surface area (Å²) >= 11 is 5.80. The number of hydrazine groups is 1. The second kappa shape index (κ2) is 8.41. The Kier molecular flexibility index (Phi) is 6.53. The number of para-hydroxylation sites is 1. The van der Waals surface area contributed by atoms with Crippen molar-refractivity contribution >= 4 is 44.2 Å². The topological polar surface area (TPSA) is 33.3 Å². The van der Waals surface area contributed by atoms with Crippen LogP contribution in [-0.2, 0) is 6.54 Å². The van der Waals surface area contributed by atoms with Crippen LogP contribution in [0.15, 0.2) is 59.6 Å². The molecule has 0 heterocycles. The van der Waals surface area contributed by atoms with Gasteiger partial charge in [0, 0.05) is 22.3 Å². The van der Waals surface area contributed by atoms with Gasteiger partial charge in [0.1, 0.15) is 12.4 Å². The fourth-order valence-corrected chi connectivity index (χ4v) is 3.58. The maximum atomic E-state index is 5.76. The molecule has 3 nitrogen and oxygen atoms in total. The molecule has 0 saturated heterocycles. The lowest BCUT2D eigenvalue weighted by Gasteiger charge is -2.14. The van der Waals surface area contributed by atoms with Gasteiger partial charge >= 0.3 is 0 Å². The molecular weight excluding hydrogens is 443 g/mol. The number of hydrogen-bond acceptors (Lipinski definition) is 3. The molecule has 0 aliphatic rings. The average Bonchev–Trinajstić information content (AvgIpc) is 2.47. The molecule has 2 rings (SSSR count). The van der Waals surface area contributed by atoms with Gasteiger partial charge in [-0.15, -0.1) is 0 Å². The third-order valence-corrected chi connectivity index (χ3v) is 3.98. The lowest BCUT2D eigenvalue weighted by atomic mass is 10.2. The molecule has 0 radical (unpaired) electrons. The minimum absolute atomic E-state index is 0.497. The summed E-state index contributed by atoms with van der Waals surface area (Å²) in [4.78, 5) is 0. The maximum Gasteiger partial charge on any atom is 0.137 e.